The average Bonchev–Trinajstić information content (AvgIpc) is 2.61. The first kappa shape index (κ1) is 18.9. The molecule has 0 aliphatic carbocycles. The first-order valence-corrected chi connectivity index (χ1v) is 8.88. The Kier molecular flexibility index (Phi) is 6.11. The van der Waals surface area contributed by atoms with Gasteiger partial charge in [-0.05, 0) is 36.4 Å². The van der Waals surface area contributed by atoms with Crippen molar-refractivity contribution < 1.29 is 22.6 Å². The van der Waals surface area contributed by atoms with Crippen LogP contribution in [-0.2, 0) is 10.0 Å². The lowest BCUT2D eigenvalue weighted by atomic mass is 10.2. The van der Waals surface area contributed by atoms with Crippen molar-refractivity contribution in [3.63, 3.8) is 0 Å². The minimum absolute atomic E-state index is 0.0494. The summed E-state index contributed by atoms with van der Waals surface area (Å²) in [4.78, 5) is 2.18. The summed E-state index contributed by atoms with van der Waals surface area (Å²) >= 11 is 5.75. The second-order valence-electron chi connectivity index (χ2n) is 4.73. The molecule has 0 bridgehead atoms. The highest BCUT2D eigenvalue weighted by Crippen LogP contribution is 2.38. The molecule has 0 aromatic heterocycles. The summed E-state index contributed by atoms with van der Waals surface area (Å²) in [5, 5.41) is 4.22. The zero-order valence-electron chi connectivity index (χ0n) is 13.8. The van der Waals surface area contributed by atoms with Crippen molar-refractivity contribution in [3.8, 4) is 17.2 Å². The standard InChI is InChI=1S/C16H17ClN2O5S/c1-22-14-9-4-11(15(23-2)16(14)24-3)10-18-19-25(20,21)13-7-5-12(17)6-8-13/h4-10,19H,1-3H3/b18-10+. The van der Waals surface area contributed by atoms with Gasteiger partial charge < -0.3 is 14.2 Å². The van der Waals surface area contributed by atoms with Gasteiger partial charge in [-0.3, -0.25) is 0 Å². The Bertz CT molecular complexity index is 867. The summed E-state index contributed by atoms with van der Waals surface area (Å²) in [5.41, 5.74) is 0.513. The van der Waals surface area contributed by atoms with E-state index in [1.807, 2.05) is 0 Å². The van der Waals surface area contributed by atoms with E-state index < -0.39 is 10.0 Å². The number of sulfonamides is 1. The van der Waals surface area contributed by atoms with Crippen LogP contribution in [0.25, 0.3) is 0 Å². The van der Waals surface area contributed by atoms with Gasteiger partial charge in [-0.15, -0.1) is 0 Å². The Morgan fingerprint density at radius 3 is 2.16 bits per heavy atom. The van der Waals surface area contributed by atoms with Crippen LogP contribution in [0.5, 0.6) is 17.2 Å². The lowest BCUT2D eigenvalue weighted by Crippen LogP contribution is -2.18. The Morgan fingerprint density at radius 1 is 0.960 bits per heavy atom. The molecular formula is C16H17ClN2O5S. The second kappa shape index (κ2) is 8.09. The van der Waals surface area contributed by atoms with Gasteiger partial charge in [-0.2, -0.15) is 13.5 Å². The first-order valence-electron chi connectivity index (χ1n) is 7.02. The highest BCUT2D eigenvalue weighted by molar-refractivity contribution is 7.89. The molecule has 1 N–H and O–H groups in total. The quantitative estimate of drug-likeness (QED) is 0.586. The lowest BCUT2D eigenvalue weighted by molar-refractivity contribution is 0.324. The molecule has 0 unspecified atom stereocenters. The molecule has 9 heteroatoms. The molecule has 0 aliphatic heterocycles. The molecule has 0 atom stereocenters. The van der Waals surface area contributed by atoms with Crippen molar-refractivity contribution in [1.29, 1.82) is 0 Å². The molecule has 2 aromatic rings. The topological polar surface area (TPSA) is 86.2 Å². The van der Waals surface area contributed by atoms with E-state index in [4.69, 9.17) is 25.8 Å². The lowest BCUT2D eigenvalue weighted by Gasteiger charge is -2.13. The SMILES string of the molecule is COc1ccc(/C=N/NS(=O)(=O)c2ccc(Cl)cc2)c(OC)c1OC. The van der Waals surface area contributed by atoms with Gasteiger partial charge in [0.25, 0.3) is 10.0 Å². The summed E-state index contributed by atoms with van der Waals surface area (Å²) in [6.07, 6.45) is 1.31. The normalized spacial score (nSPS) is 11.4. The van der Waals surface area contributed by atoms with Crippen molar-refractivity contribution in [2.75, 3.05) is 21.3 Å². The van der Waals surface area contributed by atoms with Crippen molar-refractivity contribution in [2.24, 2.45) is 5.10 Å². The van der Waals surface area contributed by atoms with Crippen LogP contribution >= 0.6 is 11.6 Å². The van der Waals surface area contributed by atoms with Crippen LogP contribution in [0.4, 0.5) is 0 Å². The number of nitrogens with one attached hydrogen (secondary N) is 1. The highest BCUT2D eigenvalue weighted by Gasteiger charge is 2.15. The van der Waals surface area contributed by atoms with E-state index in [1.165, 1.54) is 51.8 Å². The molecule has 0 heterocycles. The van der Waals surface area contributed by atoms with Crippen LogP contribution in [0.1, 0.15) is 5.56 Å². The predicted octanol–water partition coefficient (Wildman–Crippen LogP) is 2.68. The Morgan fingerprint density at radius 2 is 1.60 bits per heavy atom. The summed E-state index contributed by atoms with van der Waals surface area (Å²) in [5.74, 6) is 1.24. The van der Waals surface area contributed by atoms with Crippen LogP contribution in [-0.4, -0.2) is 36.0 Å². The Hall–Kier alpha value is -2.45. The van der Waals surface area contributed by atoms with Crippen LogP contribution in [0.15, 0.2) is 46.4 Å². The van der Waals surface area contributed by atoms with Crippen molar-refractivity contribution in [1.82, 2.24) is 4.83 Å². The van der Waals surface area contributed by atoms with E-state index in [-0.39, 0.29) is 4.90 Å². The van der Waals surface area contributed by atoms with E-state index in [2.05, 4.69) is 9.93 Å². The van der Waals surface area contributed by atoms with Gasteiger partial charge in [0.05, 0.1) is 32.4 Å². The average molecular weight is 385 g/mol. The fourth-order valence-corrected chi connectivity index (χ4v) is 2.98. The molecule has 2 rings (SSSR count). The van der Waals surface area contributed by atoms with E-state index in [0.29, 0.717) is 27.8 Å². The maximum absolute atomic E-state index is 12.2. The van der Waals surface area contributed by atoms with E-state index in [1.54, 1.807) is 12.1 Å². The molecule has 0 amide bonds. The zero-order valence-corrected chi connectivity index (χ0v) is 15.4. The molecule has 25 heavy (non-hydrogen) atoms. The number of benzene rings is 2. The third kappa shape index (κ3) is 4.34. The van der Waals surface area contributed by atoms with Gasteiger partial charge in [-0.25, -0.2) is 4.83 Å². The minimum Gasteiger partial charge on any atom is -0.493 e. The fraction of sp³-hybridized carbons (Fsp3) is 0.188. The molecule has 0 saturated carbocycles. The molecule has 0 radical (unpaired) electrons. The summed E-state index contributed by atoms with van der Waals surface area (Å²) < 4.78 is 40.1. The zero-order chi connectivity index (χ0) is 18.4. The third-order valence-corrected chi connectivity index (χ3v) is 4.73. The number of methoxy groups -OCH3 is 3. The first-order chi connectivity index (χ1) is 11.9. The van der Waals surface area contributed by atoms with Gasteiger partial charge in [0, 0.05) is 10.6 Å². The van der Waals surface area contributed by atoms with E-state index in [0.717, 1.165) is 0 Å². The van der Waals surface area contributed by atoms with E-state index >= 15 is 0 Å². The van der Waals surface area contributed by atoms with Gasteiger partial charge >= 0.3 is 0 Å². The fourth-order valence-electron chi connectivity index (χ4n) is 2.06. The van der Waals surface area contributed by atoms with Crippen molar-refractivity contribution in [2.45, 2.75) is 4.90 Å². The molecule has 0 saturated heterocycles. The molecule has 7 nitrogen and oxygen atoms in total. The van der Waals surface area contributed by atoms with Gasteiger partial charge in [-0.1, -0.05) is 11.6 Å². The number of hydrazone groups is 1. The molecule has 134 valence electrons. The number of nitrogens with zero attached hydrogens (tertiary/aromatic N) is 1. The summed E-state index contributed by atoms with van der Waals surface area (Å²) in [7, 11) is 0.648. The van der Waals surface area contributed by atoms with Gasteiger partial charge in [0.1, 0.15) is 0 Å². The van der Waals surface area contributed by atoms with Crippen molar-refractivity contribution >= 4 is 27.8 Å². The maximum atomic E-state index is 12.2. The largest absolute Gasteiger partial charge is 0.493 e. The Labute approximate surface area is 151 Å². The van der Waals surface area contributed by atoms with Gasteiger partial charge in [0.2, 0.25) is 5.75 Å². The van der Waals surface area contributed by atoms with E-state index in [9.17, 15) is 8.42 Å². The number of ether oxygens (including phenoxy) is 3. The van der Waals surface area contributed by atoms with Gasteiger partial charge in [0.15, 0.2) is 11.5 Å². The van der Waals surface area contributed by atoms with Crippen LogP contribution in [0, 0.1) is 0 Å². The number of hydrogen-bond acceptors (Lipinski definition) is 6. The molecule has 0 fully saturated rings. The van der Waals surface area contributed by atoms with Crippen LogP contribution in [0.3, 0.4) is 0 Å². The van der Waals surface area contributed by atoms with Crippen LogP contribution < -0.4 is 19.0 Å². The highest BCUT2D eigenvalue weighted by atomic mass is 35.5. The monoisotopic (exact) mass is 384 g/mol. The van der Waals surface area contributed by atoms with Crippen LogP contribution in [0.2, 0.25) is 5.02 Å². The number of halogens is 1. The summed E-state index contributed by atoms with van der Waals surface area (Å²) in [6, 6.07) is 9.07. The van der Waals surface area contributed by atoms with Crippen molar-refractivity contribution in [3.05, 3.63) is 47.0 Å². The maximum Gasteiger partial charge on any atom is 0.276 e. The predicted molar refractivity (Wildman–Crippen MR) is 95.5 cm³/mol. The molecule has 0 spiro atoms. The molecule has 2 aromatic carbocycles. The smallest absolute Gasteiger partial charge is 0.276 e. The second-order valence-corrected chi connectivity index (χ2v) is 6.83. The minimum atomic E-state index is -3.80. The Balaban J connectivity index is 2.26. The third-order valence-electron chi connectivity index (χ3n) is 3.24. The number of hydrogen-bond donors (Lipinski definition) is 1. The summed E-state index contributed by atoms with van der Waals surface area (Å²) in [6.45, 7) is 0. The molecule has 0 aliphatic rings. The molecular weight excluding hydrogens is 368 g/mol. The number of rotatable bonds is 7.